The number of esters is 1. The van der Waals surface area contributed by atoms with Crippen molar-refractivity contribution in [3.8, 4) is 22.4 Å². The van der Waals surface area contributed by atoms with Gasteiger partial charge in [-0.1, -0.05) is 13.8 Å². The maximum atomic E-state index is 13.0. The van der Waals surface area contributed by atoms with Gasteiger partial charge in [-0.25, -0.2) is 4.79 Å². The van der Waals surface area contributed by atoms with E-state index in [4.69, 9.17) is 4.74 Å². The predicted octanol–water partition coefficient (Wildman–Crippen LogP) is 4.90. The maximum Gasteiger partial charge on any atom is 0.343 e. The van der Waals surface area contributed by atoms with Crippen LogP contribution in [0.3, 0.4) is 0 Å². The molecule has 2 aromatic heterocycles. The molecule has 0 amide bonds. The fourth-order valence-corrected chi connectivity index (χ4v) is 5.07. The Kier molecular flexibility index (Phi) is 5.07. The van der Waals surface area contributed by atoms with E-state index in [1.54, 1.807) is 19.2 Å². The van der Waals surface area contributed by atoms with Crippen molar-refractivity contribution in [2.45, 2.75) is 58.4 Å². The summed E-state index contributed by atoms with van der Waals surface area (Å²) >= 11 is 0. The third-order valence-corrected chi connectivity index (χ3v) is 7.47. The fourth-order valence-electron chi connectivity index (χ4n) is 5.07. The van der Waals surface area contributed by atoms with Crippen LogP contribution < -0.4 is 5.43 Å². The van der Waals surface area contributed by atoms with Crippen LogP contribution in [-0.4, -0.2) is 26.9 Å². The minimum atomic E-state index is -0.555. The zero-order valence-electron chi connectivity index (χ0n) is 20.0. The molecular formula is C27H31N3O3. The van der Waals surface area contributed by atoms with E-state index in [1.165, 1.54) is 29.5 Å². The van der Waals surface area contributed by atoms with Crippen LogP contribution in [0, 0.1) is 5.92 Å². The number of hydrogen-bond acceptors (Lipinski definition) is 4. The van der Waals surface area contributed by atoms with Gasteiger partial charge in [-0.3, -0.25) is 9.48 Å². The molecule has 6 heteroatoms. The van der Waals surface area contributed by atoms with Crippen molar-refractivity contribution in [1.82, 2.24) is 14.3 Å². The first kappa shape index (κ1) is 21.7. The normalized spacial score (nSPS) is 19.3. The summed E-state index contributed by atoms with van der Waals surface area (Å²) in [5.41, 5.74) is 6.43. The van der Waals surface area contributed by atoms with Crippen LogP contribution in [-0.2, 0) is 23.7 Å². The number of carbonyl (C=O) groups is 1. The van der Waals surface area contributed by atoms with Gasteiger partial charge in [0.1, 0.15) is 5.56 Å². The lowest BCUT2D eigenvalue weighted by molar-refractivity contribution is 0.0522. The molecule has 6 nitrogen and oxygen atoms in total. The lowest BCUT2D eigenvalue weighted by atomic mass is 9.75. The number of aryl methyl sites for hydroxylation is 1. The van der Waals surface area contributed by atoms with E-state index in [9.17, 15) is 9.59 Å². The van der Waals surface area contributed by atoms with Crippen LogP contribution in [0.1, 0.15) is 67.9 Å². The van der Waals surface area contributed by atoms with E-state index < -0.39 is 5.97 Å². The second kappa shape index (κ2) is 7.72. The van der Waals surface area contributed by atoms with Crippen molar-refractivity contribution < 1.29 is 9.53 Å². The second-order valence-electron chi connectivity index (χ2n) is 9.99. The van der Waals surface area contributed by atoms with Crippen molar-refractivity contribution >= 4 is 5.97 Å². The molecule has 2 aliphatic rings. The molecule has 3 aromatic rings. The standard InChI is InChI=1S/C27H31N3O3/c1-6-33-26(32)23-15-30-24(11-25(23)31)22-10-21(17-7-8-17)20(19-13-28-29(5)14-19)9-18(22)12-27(30,4)16(2)3/h9-11,13-17H,6-8,12H2,1-5H3. The monoisotopic (exact) mass is 445 g/mol. The highest BCUT2D eigenvalue weighted by Crippen LogP contribution is 2.49. The summed E-state index contributed by atoms with van der Waals surface area (Å²) in [6.45, 7) is 8.59. The Hall–Kier alpha value is -3.15. The van der Waals surface area contributed by atoms with Gasteiger partial charge in [0.05, 0.1) is 18.5 Å². The van der Waals surface area contributed by atoms with E-state index in [0.29, 0.717) is 5.92 Å². The van der Waals surface area contributed by atoms with E-state index in [1.807, 2.05) is 17.9 Å². The molecule has 1 aromatic carbocycles. The molecule has 0 bridgehead atoms. The Morgan fingerprint density at radius 1 is 1.21 bits per heavy atom. The Balaban J connectivity index is 1.75. The average molecular weight is 446 g/mol. The Bertz CT molecular complexity index is 1310. The molecule has 172 valence electrons. The van der Waals surface area contributed by atoms with E-state index in [0.717, 1.165) is 23.2 Å². The van der Waals surface area contributed by atoms with Gasteiger partial charge in [0.2, 0.25) is 0 Å². The van der Waals surface area contributed by atoms with Gasteiger partial charge in [-0.15, -0.1) is 0 Å². The van der Waals surface area contributed by atoms with E-state index in [-0.39, 0.29) is 29.1 Å². The molecule has 0 radical (unpaired) electrons. The van der Waals surface area contributed by atoms with Crippen molar-refractivity contribution in [1.29, 1.82) is 0 Å². The summed E-state index contributed by atoms with van der Waals surface area (Å²) in [7, 11) is 1.94. The predicted molar refractivity (Wildman–Crippen MR) is 128 cm³/mol. The Labute approximate surface area is 194 Å². The largest absolute Gasteiger partial charge is 0.462 e. The van der Waals surface area contributed by atoms with E-state index >= 15 is 0 Å². The first-order valence-corrected chi connectivity index (χ1v) is 11.8. The summed E-state index contributed by atoms with van der Waals surface area (Å²) in [5.74, 6) is 0.273. The quantitative estimate of drug-likeness (QED) is 0.524. The summed E-state index contributed by atoms with van der Waals surface area (Å²) in [4.78, 5) is 25.5. The lowest BCUT2D eigenvalue weighted by Crippen LogP contribution is -2.42. The smallest absolute Gasteiger partial charge is 0.343 e. The zero-order valence-corrected chi connectivity index (χ0v) is 20.0. The van der Waals surface area contributed by atoms with Gasteiger partial charge in [0, 0.05) is 42.2 Å². The molecule has 5 rings (SSSR count). The summed E-state index contributed by atoms with van der Waals surface area (Å²) in [5, 5.41) is 4.40. The molecule has 33 heavy (non-hydrogen) atoms. The number of carbonyl (C=O) groups excluding carboxylic acids is 1. The number of aromatic nitrogens is 3. The zero-order chi connectivity index (χ0) is 23.5. The van der Waals surface area contributed by atoms with Gasteiger partial charge in [0.25, 0.3) is 0 Å². The topological polar surface area (TPSA) is 66.1 Å². The number of nitrogens with zero attached hydrogens (tertiary/aromatic N) is 3. The summed E-state index contributed by atoms with van der Waals surface area (Å²) in [6.07, 6.45) is 8.92. The number of hydrogen-bond donors (Lipinski definition) is 0. The average Bonchev–Trinajstić information content (AvgIpc) is 3.53. The van der Waals surface area contributed by atoms with Gasteiger partial charge in [0.15, 0.2) is 5.43 Å². The first-order valence-electron chi connectivity index (χ1n) is 11.8. The third-order valence-electron chi connectivity index (χ3n) is 7.47. The fraction of sp³-hybridized carbons (Fsp3) is 0.444. The van der Waals surface area contributed by atoms with Crippen LogP contribution in [0.25, 0.3) is 22.4 Å². The van der Waals surface area contributed by atoms with Crippen LogP contribution in [0.5, 0.6) is 0 Å². The molecule has 0 N–H and O–H groups in total. The van der Waals surface area contributed by atoms with Crippen molar-refractivity contribution in [2.75, 3.05) is 6.61 Å². The summed E-state index contributed by atoms with van der Waals surface area (Å²) in [6, 6.07) is 6.23. The Morgan fingerprint density at radius 2 is 1.97 bits per heavy atom. The number of ether oxygens (including phenoxy) is 1. The number of benzene rings is 1. The molecule has 3 heterocycles. The molecule has 1 fully saturated rings. The van der Waals surface area contributed by atoms with Crippen LogP contribution in [0.15, 0.2) is 41.6 Å². The number of fused-ring (bicyclic) bond motifs is 3. The van der Waals surface area contributed by atoms with Crippen molar-refractivity contribution in [3.63, 3.8) is 0 Å². The van der Waals surface area contributed by atoms with Crippen molar-refractivity contribution in [3.05, 3.63) is 63.7 Å². The highest BCUT2D eigenvalue weighted by Gasteiger charge is 2.39. The molecular weight excluding hydrogens is 414 g/mol. The molecule has 1 aliphatic heterocycles. The third kappa shape index (κ3) is 3.52. The first-order chi connectivity index (χ1) is 15.7. The molecule has 1 aliphatic carbocycles. The van der Waals surface area contributed by atoms with Crippen LogP contribution in [0.2, 0.25) is 0 Å². The van der Waals surface area contributed by atoms with Gasteiger partial charge in [-0.2, -0.15) is 5.10 Å². The molecule has 0 spiro atoms. The Morgan fingerprint density at radius 3 is 2.58 bits per heavy atom. The number of rotatable bonds is 5. The van der Waals surface area contributed by atoms with Crippen molar-refractivity contribution in [2.24, 2.45) is 13.0 Å². The molecule has 0 saturated heterocycles. The number of pyridine rings is 1. The SMILES string of the molecule is CCOC(=O)c1cn2c(cc1=O)-c1cc(C3CC3)c(-c3cnn(C)c3)cc1CC2(C)C(C)C. The van der Waals surface area contributed by atoms with Gasteiger partial charge >= 0.3 is 5.97 Å². The maximum absolute atomic E-state index is 13.0. The summed E-state index contributed by atoms with van der Waals surface area (Å²) < 4.78 is 9.15. The minimum Gasteiger partial charge on any atom is -0.462 e. The van der Waals surface area contributed by atoms with Gasteiger partial charge in [-0.05, 0) is 73.8 Å². The van der Waals surface area contributed by atoms with Gasteiger partial charge < -0.3 is 9.30 Å². The second-order valence-corrected chi connectivity index (χ2v) is 9.99. The lowest BCUT2D eigenvalue weighted by Gasteiger charge is -2.43. The molecule has 1 unspecified atom stereocenters. The highest BCUT2D eigenvalue weighted by molar-refractivity contribution is 5.89. The minimum absolute atomic E-state index is 0.102. The van der Waals surface area contributed by atoms with Crippen LogP contribution >= 0.6 is 0 Å². The van der Waals surface area contributed by atoms with Crippen LogP contribution in [0.4, 0.5) is 0 Å². The molecule has 1 saturated carbocycles. The molecule has 1 atom stereocenters. The van der Waals surface area contributed by atoms with E-state index in [2.05, 4.69) is 48.8 Å². The highest BCUT2D eigenvalue weighted by atomic mass is 16.5.